The summed E-state index contributed by atoms with van der Waals surface area (Å²) in [5.41, 5.74) is 3.57. The fraction of sp³-hybridized carbons (Fsp3) is 1.00. The van der Waals surface area contributed by atoms with Crippen LogP contribution in [0.1, 0.15) is 96.3 Å². The molecule has 0 heterocycles. The Hall–Kier alpha value is 1.65. The molecule has 3 aliphatic rings. The molecule has 0 saturated heterocycles. The van der Waals surface area contributed by atoms with Crippen molar-refractivity contribution in [2.45, 2.75) is 113 Å². The van der Waals surface area contributed by atoms with Crippen molar-refractivity contribution in [2.75, 3.05) is 0 Å². The number of halogens is 1. The van der Waals surface area contributed by atoms with Crippen LogP contribution in [0.5, 0.6) is 0 Å². The average molecular weight is 557 g/mol. The zero-order valence-corrected chi connectivity index (χ0v) is 18.1. The fourth-order valence-corrected chi connectivity index (χ4v) is 9.71. The minimum atomic E-state index is 0.385. The Morgan fingerprint density at radius 1 is 0.476 bits per heavy atom. The van der Waals surface area contributed by atoms with Crippen LogP contribution < -0.4 is 0 Å². The molecule has 3 heteroatoms. The van der Waals surface area contributed by atoms with Crippen LogP contribution in [0.3, 0.4) is 0 Å². The van der Waals surface area contributed by atoms with Crippen molar-refractivity contribution in [3.8, 4) is 0 Å². The molecular weight excluding hydrogens is 524 g/mol. The predicted octanol–water partition coefficient (Wildman–Crippen LogP) is 7.31. The van der Waals surface area contributed by atoms with Gasteiger partial charge in [0.2, 0.25) is 0 Å². The van der Waals surface area contributed by atoms with Gasteiger partial charge < -0.3 is 0 Å². The van der Waals surface area contributed by atoms with E-state index in [1.807, 2.05) is 0 Å². The zero-order chi connectivity index (χ0) is 14.9. The first-order chi connectivity index (χ1) is 10.4. The Labute approximate surface area is 152 Å². The summed E-state index contributed by atoms with van der Waals surface area (Å²) in [5.74, 6) is 0. The SMILES string of the molecule is C1CCC(P(C2CCCCC2)C2CCCCC2)CC1.[Br][Au]. The van der Waals surface area contributed by atoms with Gasteiger partial charge in [0, 0.05) is 0 Å². The molecule has 0 aromatic heterocycles. The van der Waals surface area contributed by atoms with E-state index in [2.05, 4.69) is 32.0 Å². The summed E-state index contributed by atoms with van der Waals surface area (Å²) in [6, 6.07) is 0. The summed E-state index contributed by atoms with van der Waals surface area (Å²) in [6.45, 7) is 0. The second-order valence-electron chi connectivity index (χ2n) is 7.32. The molecule has 128 valence electrons. The van der Waals surface area contributed by atoms with Crippen LogP contribution in [0, 0.1) is 0 Å². The van der Waals surface area contributed by atoms with Crippen molar-refractivity contribution in [2.24, 2.45) is 0 Å². The molecule has 0 aromatic rings. The number of hydrogen-bond donors (Lipinski definition) is 0. The van der Waals surface area contributed by atoms with Crippen molar-refractivity contribution in [1.29, 1.82) is 0 Å². The van der Waals surface area contributed by atoms with Crippen LogP contribution >= 0.6 is 20.9 Å². The van der Waals surface area contributed by atoms with Gasteiger partial charge in [-0.1, -0.05) is 65.7 Å². The Bertz CT molecular complexity index is 213. The van der Waals surface area contributed by atoms with Gasteiger partial charge in [0.1, 0.15) is 0 Å². The van der Waals surface area contributed by atoms with Crippen molar-refractivity contribution >= 4 is 20.9 Å². The van der Waals surface area contributed by atoms with E-state index < -0.39 is 0 Å². The third kappa shape index (κ3) is 5.90. The Morgan fingerprint density at radius 2 is 0.714 bits per heavy atom. The Morgan fingerprint density at radius 3 is 0.952 bits per heavy atom. The van der Waals surface area contributed by atoms with Gasteiger partial charge >= 0.3 is 32.0 Å². The molecule has 0 nitrogen and oxygen atoms in total. The summed E-state index contributed by atoms with van der Waals surface area (Å²) in [6.07, 6.45) is 23.6. The molecule has 3 rings (SSSR count). The molecule has 0 unspecified atom stereocenters. The van der Waals surface area contributed by atoms with Crippen molar-refractivity contribution in [1.82, 2.24) is 0 Å². The van der Waals surface area contributed by atoms with Gasteiger partial charge in [-0.2, -0.15) is 0 Å². The van der Waals surface area contributed by atoms with Crippen LogP contribution in [0.25, 0.3) is 0 Å². The van der Waals surface area contributed by atoms with Crippen LogP contribution in [0.2, 0.25) is 0 Å². The van der Waals surface area contributed by atoms with E-state index in [-0.39, 0.29) is 0 Å². The summed E-state index contributed by atoms with van der Waals surface area (Å²) in [5, 5.41) is 0. The van der Waals surface area contributed by atoms with E-state index in [4.69, 9.17) is 0 Å². The molecular formula is C18H33AuBrP. The van der Waals surface area contributed by atoms with Crippen molar-refractivity contribution in [3.63, 3.8) is 0 Å². The molecule has 0 N–H and O–H groups in total. The van der Waals surface area contributed by atoms with Gasteiger partial charge in [-0.05, 0) is 55.5 Å². The molecule has 0 spiro atoms. The summed E-state index contributed by atoms with van der Waals surface area (Å²) in [4.78, 5) is 0. The van der Waals surface area contributed by atoms with Gasteiger partial charge in [0.15, 0.2) is 0 Å². The molecule has 0 atom stereocenters. The van der Waals surface area contributed by atoms with Gasteiger partial charge in [0.25, 0.3) is 0 Å². The first-order valence-electron chi connectivity index (χ1n) is 9.34. The molecule has 21 heavy (non-hydrogen) atoms. The van der Waals surface area contributed by atoms with E-state index in [0.717, 1.165) is 0 Å². The number of hydrogen-bond acceptors (Lipinski definition) is 0. The maximum absolute atomic E-state index is 2.88. The quantitative estimate of drug-likeness (QED) is 0.252. The molecule has 3 fully saturated rings. The second kappa shape index (κ2) is 11.2. The van der Waals surface area contributed by atoms with Gasteiger partial charge in [-0.15, -0.1) is 0 Å². The topological polar surface area (TPSA) is 0 Å². The minimum absolute atomic E-state index is 0.385. The van der Waals surface area contributed by atoms with Crippen LogP contribution in [-0.2, 0) is 18.9 Å². The normalized spacial score (nSPS) is 26.5. The molecule has 0 aliphatic heterocycles. The van der Waals surface area contributed by atoms with Crippen LogP contribution in [0.4, 0.5) is 0 Å². The fourth-order valence-electron chi connectivity index (χ4n) is 5.03. The van der Waals surface area contributed by atoms with Crippen LogP contribution in [-0.4, -0.2) is 17.0 Å². The third-order valence-electron chi connectivity index (χ3n) is 5.99. The van der Waals surface area contributed by atoms with Gasteiger partial charge in [-0.25, -0.2) is 0 Å². The molecule has 0 bridgehead atoms. The molecule has 0 radical (unpaired) electrons. The standard InChI is InChI=1S/C18H33P.Au.BrH/c1-4-10-16(11-5-1)19(17-12-6-2-7-13-17)18-14-8-3-9-15-18;;/h16-18H,1-15H2;;1H/q;+1;/p-1. The number of rotatable bonds is 3. The summed E-state index contributed by atoms with van der Waals surface area (Å²) >= 11 is 4.97. The van der Waals surface area contributed by atoms with Gasteiger partial charge in [0.05, 0.1) is 0 Å². The summed E-state index contributed by atoms with van der Waals surface area (Å²) < 4.78 is 0. The van der Waals surface area contributed by atoms with E-state index in [0.29, 0.717) is 7.92 Å². The summed E-state index contributed by atoms with van der Waals surface area (Å²) in [7, 11) is 0.385. The maximum atomic E-state index is 2.88. The van der Waals surface area contributed by atoms with E-state index in [1.165, 1.54) is 36.2 Å². The monoisotopic (exact) mass is 556 g/mol. The molecule has 3 aliphatic carbocycles. The second-order valence-corrected chi connectivity index (χ2v) is 10.4. The third-order valence-corrected chi connectivity index (χ3v) is 10.1. The first kappa shape index (κ1) is 19.0. The van der Waals surface area contributed by atoms with Crippen molar-refractivity contribution in [3.05, 3.63) is 0 Å². The zero-order valence-electron chi connectivity index (χ0n) is 13.5. The Balaban J connectivity index is 0.000000774. The molecule has 3 saturated carbocycles. The first-order valence-corrected chi connectivity index (χ1v) is 15.6. The molecule has 0 amide bonds. The van der Waals surface area contributed by atoms with E-state index >= 15 is 0 Å². The average Bonchev–Trinajstić information content (AvgIpc) is 2.60. The van der Waals surface area contributed by atoms with Gasteiger partial charge in [-0.3, -0.25) is 0 Å². The van der Waals surface area contributed by atoms with E-state index in [1.54, 1.807) is 77.0 Å². The van der Waals surface area contributed by atoms with Crippen molar-refractivity contribution < 1.29 is 18.9 Å². The van der Waals surface area contributed by atoms with E-state index in [9.17, 15) is 0 Å². The predicted molar refractivity (Wildman–Crippen MR) is 96.5 cm³/mol. The van der Waals surface area contributed by atoms with Crippen LogP contribution in [0.15, 0.2) is 0 Å². The Kier molecular flexibility index (Phi) is 10.2. The molecule has 0 aromatic carbocycles.